The van der Waals surface area contributed by atoms with Crippen LogP contribution in [0.15, 0.2) is 24.3 Å². The molecule has 0 radical (unpaired) electrons. The van der Waals surface area contributed by atoms with E-state index in [1.165, 1.54) is 14.2 Å². The number of halogens is 1. The zero-order chi connectivity index (χ0) is 12.2. The minimum atomic E-state index is -3.06. The Labute approximate surface area is 99.0 Å². The van der Waals surface area contributed by atoms with Gasteiger partial charge in [-0.2, -0.15) is 0 Å². The van der Waals surface area contributed by atoms with Gasteiger partial charge in [-0.05, 0) is 29.3 Å². The van der Waals surface area contributed by atoms with Crippen molar-refractivity contribution in [2.75, 3.05) is 14.2 Å². The van der Waals surface area contributed by atoms with Gasteiger partial charge in [0.05, 0.1) is 6.16 Å². The average molecular weight is 263 g/mol. The van der Waals surface area contributed by atoms with E-state index in [-0.39, 0.29) is 6.16 Å². The SMILES string of the molecule is COP(=O)(Cc1ccc(C(=O)Cl)cc1)OC. The molecule has 0 unspecified atom stereocenters. The number of hydrogen-bond acceptors (Lipinski definition) is 4. The molecule has 16 heavy (non-hydrogen) atoms. The van der Waals surface area contributed by atoms with Crippen LogP contribution in [0, 0.1) is 0 Å². The lowest BCUT2D eigenvalue weighted by molar-refractivity contribution is 0.108. The quantitative estimate of drug-likeness (QED) is 0.604. The highest BCUT2D eigenvalue weighted by Gasteiger charge is 2.21. The van der Waals surface area contributed by atoms with Crippen LogP contribution < -0.4 is 0 Å². The Balaban J connectivity index is 2.83. The molecule has 0 heterocycles. The maximum absolute atomic E-state index is 11.8. The smallest absolute Gasteiger partial charge is 0.312 e. The molecule has 0 saturated carbocycles. The summed E-state index contributed by atoms with van der Waals surface area (Å²) in [5.41, 5.74) is 1.16. The summed E-state index contributed by atoms with van der Waals surface area (Å²) < 4.78 is 21.4. The van der Waals surface area contributed by atoms with Gasteiger partial charge < -0.3 is 9.05 Å². The number of rotatable bonds is 5. The van der Waals surface area contributed by atoms with E-state index in [1.807, 2.05) is 0 Å². The van der Waals surface area contributed by atoms with Crippen LogP contribution in [0.25, 0.3) is 0 Å². The summed E-state index contributed by atoms with van der Waals surface area (Å²) in [5, 5.41) is -0.520. The second-order valence-corrected chi connectivity index (χ2v) is 5.72. The van der Waals surface area contributed by atoms with Crippen molar-refractivity contribution in [3.05, 3.63) is 35.4 Å². The second kappa shape index (κ2) is 5.60. The van der Waals surface area contributed by atoms with Crippen LogP contribution in [-0.2, 0) is 19.8 Å². The molecular formula is C10H12ClO4P. The van der Waals surface area contributed by atoms with Crippen molar-refractivity contribution in [3.8, 4) is 0 Å². The molecule has 0 aliphatic rings. The molecule has 4 nitrogen and oxygen atoms in total. The van der Waals surface area contributed by atoms with Crippen molar-refractivity contribution in [2.24, 2.45) is 0 Å². The molecular weight excluding hydrogens is 251 g/mol. The Morgan fingerprint density at radius 3 is 2.12 bits per heavy atom. The first kappa shape index (κ1) is 13.4. The average Bonchev–Trinajstić information content (AvgIpc) is 2.29. The van der Waals surface area contributed by atoms with E-state index in [0.717, 1.165) is 5.56 Å². The van der Waals surface area contributed by atoms with Gasteiger partial charge in [0.25, 0.3) is 5.24 Å². The third kappa shape index (κ3) is 3.42. The van der Waals surface area contributed by atoms with Gasteiger partial charge in [-0.1, -0.05) is 12.1 Å². The predicted molar refractivity (Wildman–Crippen MR) is 62.0 cm³/mol. The highest BCUT2D eigenvalue weighted by Crippen LogP contribution is 2.49. The lowest BCUT2D eigenvalue weighted by atomic mass is 10.2. The Morgan fingerprint density at radius 1 is 1.25 bits per heavy atom. The molecule has 1 aromatic carbocycles. The maximum atomic E-state index is 11.8. The van der Waals surface area contributed by atoms with Crippen molar-refractivity contribution in [1.29, 1.82) is 0 Å². The van der Waals surface area contributed by atoms with Crippen LogP contribution in [-0.4, -0.2) is 19.5 Å². The van der Waals surface area contributed by atoms with Gasteiger partial charge in [-0.3, -0.25) is 9.36 Å². The summed E-state index contributed by atoms with van der Waals surface area (Å²) in [6, 6.07) is 6.47. The van der Waals surface area contributed by atoms with E-state index in [9.17, 15) is 9.36 Å². The van der Waals surface area contributed by atoms with Crippen molar-refractivity contribution in [3.63, 3.8) is 0 Å². The summed E-state index contributed by atoms with van der Waals surface area (Å²) >= 11 is 5.30. The Kier molecular flexibility index (Phi) is 4.69. The molecule has 0 saturated heterocycles. The number of carbonyl (C=O) groups is 1. The van der Waals surface area contributed by atoms with Crippen LogP contribution in [0.2, 0.25) is 0 Å². The Bertz CT molecular complexity index is 407. The molecule has 0 fully saturated rings. The maximum Gasteiger partial charge on any atom is 0.334 e. The number of carbonyl (C=O) groups excluding carboxylic acids is 1. The minimum Gasteiger partial charge on any atom is -0.312 e. The third-order valence-corrected chi connectivity index (χ3v) is 4.20. The normalized spacial score (nSPS) is 11.4. The molecule has 6 heteroatoms. The van der Waals surface area contributed by atoms with E-state index in [2.05, 4.69) is 0 Å². The molecule has 0 amide bonds. The standard InChI is InChI=1S/C10H12ClO4P/c1-14-16(13,15-2)7-8-3-5-9(6-4-8)10(11)12/h3-6H,7H2,1-2H3. The first-order chi connectivity index (χ1) is 7.50. The minimum absolute atomic E-state index is 0.163. The molecule has 0 atom stereocenters. The van der Waals surface area contributed by atoms with Crippen LogP contribution in [0.5, 0.6) is 0 Å². The van der Waals surface area contributed by atoms with E-state index >= 15 is 0 Å². The van der Waals surface area contributed by atoms with E-state index in [1.54, 1.807) is 24.3 Å². The highest BCUT2D eigenvalue weighted by atomic mass is 35.5. The summed E-state index contributed by atoms with van der Waals surface area (Å²) in [7, 11) is -0.391. The second-order valence-electron chi connectivity index (χ2n) is 3.10. The van der Waals surface area contributed by atoms with Gasteiger partial charge in [-0.15, -0.1) is 0 Å². The van der Waals surface area contributed by atoms with Crippen LogP contribution in [0.1, 0.15) is 15.9 Å². The summed E-state index contributed by atoms with van der Waals surface area (Å²) in [5.74, 6) is 0. The fourth-order valence-corrected chi connectivity index (χ4v) is 2.36. The lowest BCUT2D eigenvalue weighted by Gasteiger charge is -2.13. The van der Waals surface area contributed by atoms with Gasteiger partial charge in [0, 0.05) is 19.8 Å². The van der Waals surface area contributed by atoms with E-state index in [0.29, 0.717) is 5.56 Å². The summed E-state index contributed by atoms with van der Waals surface area (Å²) in [4.78, 5) is 10.8. The molecule has 0 aliphatic carbocycles. The summed E-state index contributed by atoms with van der Waals surface area (Å²) in [6.45, 7) is 0. The van der Waals surface area contributed by atoms with Crippen molar-refractivity contribution < 1.29 is 18.4 Å². The Hall–Kier alpha value is -0.670. The van der Waals surface area contributed by atoms with Crippen molar-refractivity contribution >= 4 is 24.4 Å². The number of benzene rings is 1. The van der Waals surface area contributed by atoms with Crippen LogP contribution in [0.3, 0.4) is 0 Å². The van der Waals surface area contributed by atoms with Gasteiger partial charge in [0.1, 0.15) is 0 Å². The molecule has 0 aliphatic heterocycles. The molecule has 1 aromatic rings. The zero-order valence-electron chi connectivity index (χ0n) is 8.97. The fourth-order valence-electron chi connectivity index (χ4n) is 1.17. The topological polar surface area (TPSA) is 52.6 Å². The van der Waals surface area contributed by atoms with Gasteiger partial charge in [-0.25, -0.2) is 0 Å². The van der Waals surface area contributed by atoms with Crippen molar-refractivity contribution in [2.45, 2.75) is 6.16 Å². The van der Waals surface area contributed by atoms with Crippen molar-refractivity contribution in [1.82, 2.24) is 0 Å². The molecule has 0 bridgehead atoms. The van der Waals surface area contributed by atoms with E-state index in [4.69, 9.17) is 20.6 Å². The lowest BCUT2D eigenvalue weighted by Crippen LogP contribution is -1.95. The third-order valence-electron chi connectivity index (χ3n) is 2.11. The van der Waals surface area contributed by atoms with E-state index < -0.39 is 12.8 Å². The first-order valence-electron chi connectivity index (χ1n) is 4.50. The predicted octanol–water partition coefficient (Wildman–Crippen LogP) is 3.05. The Morgan fingerprint density at radius 2 is 1.75 bits per heavy atom. The highest BCUT2D eigenvalue weighted by molar-refractivity contribution is 7.52. The van der Waals surface area contributed by atoms with Crippen LogP contribution in [0.4, 0.5) is 0 Å². The zero-order valence-corrected chi connectivity index (χ0v) is 10.6. The molecule has 88 valence electrons. The fraction of sp³-hybridized carbons (Fsp3) is 0.300. The number of hydrogen-bond donors (Lipinski definition) is 0. The molecule has 1 rings (SSSR count). The first-order valence-corrected chi connectivity index (χ1v) is 6.60. The monoisotopic (exact) mass is 262 g/mol. The summed E-state index contributed by atoms with van der Waals surface area (Å²) in [6.07, 6.45) is 0.163. The van der Waals surface area contributed by atoms with Gasteiger partial charge >= 0.3 is 7.60 Å². The molecule has 0 spiro atoms. The largest absolute Gasteiger partial charge is 0.334 e. The van der Waals surface area contributed by atoms with Gasteiger partial charge in [0.15, 0.2) is 0 Å². The molecule has 0 N–H and O–H groups in total. The molecule has 0 aromatic heterocycles. The van der Waals surface area contributed by atoms with Crippen LogP contribution >= 0.6 is 19.2 Å². The van der Waals surface area contributed by atoms with Gasteiger partial charge in [0.2, 0.25) is 0 Å².